The number of sulfonamides is 1. The maximum absolute atomic E-state index is 13.3. The summed E-state index contributed by atoms with van der Waals surface area (Å²) in [5.41, 5.74) is 1.50. The Morgan fingerprint density at radius 3 is 2.11 bits per heavy atom. The van der Waals surface area contributed by atoms with Crippen molar-refractivity contribution in [3.8, 4) is 0 Å². The molecule has 0 aliphatic rings. The molecule has 0 atom stereocenters. The molecule has 0 heterocycles. The molecule has 0 bridgehead atoms. The number of nitrogens with zero attached hydrogens (tertiary/aromatic N) is 2. The zero-order valence-electron chi connectivity index (χ0n) is 14.6. The summed E-state index contributed by atoms with van der Waals surface area (Å²) in [5, 5.41) is 11.2. The van der Waals surface area contributed by atoms with Gasteiger partial charge in [0.1, 0.15) is 0 Å². The lowest BCUT2D eigenvalue weighted by Crippen LogP contribution is -2.30. The van der Waals surface area contributed by atoms with Gasteiger partial charge in [0, 0.05) is 12.1 Å². The summed E-state index contributed by atoms with van der Waals surface area (Å²) in [6.45, 7) is 1.77. The van der Waals surface area contributed by atoms with E-state index in [1.807, 2.05) is 30.3 Å². The largest absolute Gasteiger partial charge is 0.271 e. The number of nitro groups is 1. The lowest BCUT2D eigenvalue weighted by atomic mass is 10.2. The zero-order chi connectivity index (χ0) is 19.4. The van der Waals surface area contributed by atoms with Crippen LogP contribution in [0.5, 0.6) is 0 Å². The summed E-state index contributed by atoms with van der Waals surface area (Å²) >= 11 is 0. The number of benzene rings is 3. The number of hydrogen-bond donors (Lipinski definition) is 0. The van der Waals surface area contributed by atoms with Crippen LogP contribution in [-0.2, 0) is 16.6 Å². The van der Waals surface area contributed by atoms with Gasteiger partial charge in [0.15, 0.2) is 0 Å². The van der Waals surface area contributed by atoms with Crippen LogP contribution in [0.25, 0.3) is 0 Å². The first-order chi connectivity index (χ1) is 12.9. The van der Waals surface area contributed by atoms with Gasteiger partial charge in [0.2, 0.25) is 0 Å². The van der Waals surface area contributed by atoms with E-state index in [9.17, 15) is 18.5 Å². The normalized spacial score (nSPS) is 11.1. The zero-order valence-corrected chi connectivity index (χ0v) is 15.5. The van der Waals surface area contributed by atoms with Gasteiger partial charge in [-0.15, -0.1) is 0 Å². The molecule has 27 heavy (non-hydrogen) atoms. The van der Waals surface area contributed by atoms with E-state index in [0.29, 0.717) is 5.56 Å². The number of anilines is 1. The van der Waals surface area contributed by atoms with Crippen LogP contribution < -0.4 is 4.31 Å². The van der Waals surface area contributed by atoms with Crippen molar-refractivity contribution in [2.45, 2.75) is 18.4 Å². The number of non-ortho nitro benzene ring substituents is 1. The number of nitro benzene ring substituents is 1. The van der Waals surface area contributed by atoms with Gasteiger partial charge in [-0.3, -0.25) is 14.4 Å². The minimum atomic E-state index is -3.90. The second kappa shape index (κ2) is 7.59. The molecule has 0 N–H and O–H groups in total. The summed E-state index contributed by atoms with van der Waals surface area (Å²) in [7, 11) is -3.90. The minimum Gasteiger partial charge on any atom is -0.262 e. The van der Waals surface area contributed by atoms with Crippen molar-refractivity contribution in [1.82, 2.24) is 0 Å². The molecule has 0 saturated heterocycles. The molecule has 0 aromatic heterocycles. The van der Waals surface area contributed by atoms with Gasteiger partial charge < -0.3 is 0 Å². The minimum absolute atomic E-state index is 0.0681. The summed E-state index contributed by atoms with van der Waals surface area (Å²) in [6.07, 6.45) is 0. The first-order valence-electron chi connectivity index (χ1n) is 8.26. The van der Waals surface area contributed by atoms with Crippen LogP contribution in [0.15, 0.2) is 83.8 Å². The Hall–Kier alpha value is -3.19. The van der Waals surface area contributed by atoms with Crippen molar-refractivity contribution in [1.29, 1.82) is 0 Å². The highest BCUT2D eigenvalue weighted by Gasteiger charge is 2.26. The molecule has 3 rings (SSSR count). The second-order valence-electron chi connectivity index (χ2n) is 6.09. The van der Waals surface area contributed by atoms with E-state index in [-0.39, 0.29) is 22.8 Å². The van der Waals surface area contributed by atoms with Crippen LogP contribution in [0.2, 0.25) is 0 Å². The van der Waals surface area contributed by atoms with Gasteiger partial charge in [0.05, 0.1) is 22.1 Å². The standard InChI is InChI=1S/C20H18N2O4S/c1-16-12-18(14-19(13-16)22(23)24)21(15-17-8-4-2-5-9-17)27(25,26)20-10-6-3-7-11-20/h2-14H,15H2,1H3. The Bertz CT molecular complexity index is 1050. The number of aryl methyl sites for hydroxylation is 1. The van der Waals surface area contributed by atoms with Crippen LogP contribution in [0.4, 0.5) is 11.4 Å². The Balaban J connectivity index is 2.15. The first kappa shape index (κ1) is 18.6. The molecule has 0 aliphatic heterocycles. The van der Waals surface area contributed by atoms with Crippen molar-refractivity contribution >= 4 is 21.4 Å². The first-order valence-corrected chi connectivity index (χ1v) is 9.70. The fourth-order valence-corrected chi connectivity index (χ4v) is 4.23. The van der Waals surface area contributed by atoms with Gasteiger partial charge >= 0.3 is 0 Å². The molecule has 0 saturated carbocycles. The van der Waals surface area contributed by atoms with Crippen LogP contribution in [0.1, 0.15) is 11.1 Å². The molecule has 0 amide bonds. The van der Waals surface area contributed by atoms with Crippen molar-refractivity contribution < 1.29 is 13.3 Å². The molecule has 138 valence electrons. The molecule has 0 radical (unpaired) electrons. The molecular weight excluding hydrogens is 364 g/mol. The fraction of sp³-hybridized carbons (Fsp3) is 0.100. The van der Waals surface area contributed by atoms with E-state index >= 15 is 0 Å². The number of hydrogen-bond acceptors (Lipinski definition) is 4. The van der Waals surface area contributed by atoms with E-state index in [1.165, 1.54) is 28.6 Å². The maximum Gasteiger partial charge on any atom is 0.271 e. The predicted octanol–water partition coefficient (Wildman–Crippen LogP) is 4.30. The highest BCUT2D eigenvalue weighted by atomic mass is 32.2. The molecule has 6 nitrogen and oxygen atoms in total. The molecule has 0 spiro atoms. The molecule has 0 unspecified atom stereocenters. The molecule has 0 fully saturated rings. The SMILES string of the molecule is Cc1cc(N(Cc2ccccc2)S(=O)(=O)c2ccccc2)cc([N+](=O)[O-])c1. The third kappa shape index (κ3) is 4.15. The Kier molecular flexibility index (Phi) is 5.23. The summed E-state index contributed by atoms with van der Waals surface area (Å²) < 4.78 is 27.8. The Morgan fingerprint density at radius 1 is 0.926 bits per heavy atom. The van der Waals surface area contributed by atoms with Gasteiger partial charge in [-0.05, 0) is 36.2 Å². The van der Waals surface area contributed by atoms with Crippen LogP contribution >= 0.6 is 0 Å². The van der Waals surface area contributed by atoms with Crippen LogP contribution in [-0.4, -0.2) is 13.3 Å². The average Bonchev–Trinajstić information content (AvgIpc) is 2.67. The van der Waals surface area contributed by atoms with Crippen molar-refractivity contribution in [2.75, 3.05) is 4.31 Å². The highest BCUT2D eigenvalue weighted by Crippen LogP contribution is 2.30. The van der Waals surface area contributed by atoms with E-state index < -0.39 is 14.9 Å². The molecular formula is C20H18N2O4S. The topological polar surface area (TPSA) is 80.5 Å². The third-order valence-electron chi connectivity index (χ3n) is 4.05. The lowest BCUT2D eigenvalue weighted by molar-refractivity contribution is -0.384. The van der Waals surface area contributed by atoms with Crippen molar-refractivity contribution in [2.24, 2.45) is 0 Å². The van der Waals surface area contributed by atoms with Gasteiger partial charge in [-0.25, -0.2) is 8.42 Å². The van der Waals surface area contributed by atoms with Gasteiger partial charge in [0.25, 0.3) is 15.7 Å². The van der Waals surface area contributed by atoms with Crippen molar-refractivity contribution in [3.05, 3.63) is 100 Å². The van der Waals surface area contributed by atoms with E-state index in [2.05, 4.69) is 0 Å². The number of rotatable bonds is 6. The summed E-state index contributed by atoms with van der Waals surface area (Å²) in [4.78, 5) is 10.9. The smallest absolute Gasteiger partial charge is 0.262 e. The average molecular weight is 382 g/mol. The maximum atomic E-state index is 13.3. The molecule has 3 aromatic carbocycles. The van der Waals surface area contributed by atoms with E-state index in [0.717, 1.165) is 5.56 Å². The molecule has 3 aromatic rings. The van der Waals surface area contributed by atoms with Gasteiger partial charge in [-0.2, -0.15) is 0 Å². The third-order valence-corrected chi connectivity index (χ3v) is 5.83. The monoisotopic (exact) mass is 382 g/mol. The van der Waals surface area contributed by atoms with E-state index in [4.69, 9.17) is 0 Å². The molecule has 0 aliphatic carbocycles. The highest BCUT2D eigenvalue weighted by molar-refractivity contribution is 7.92. The van der Waals surface area contributed by atoms with Crippen LogP contribution in [0, 0.1) is 17.0 Å². The predicted molar refractivity (Wildman–Crippen MR) is 104 cm³/mol. The van der Waals surface area contributed by atoms with Crippen molar-refractivity contribution in [3.63, 3.8) is 0 Å². The Morgan fingerprint density at radius 2 is 1.52 bits per heavy atom. The molecule has 7 heteroatoms. The summed E-state index contributed by atoms with van der Waals surface area (Å²) in [5.74, 6) is 0. The quantitative estimate of drug-likeness (QED) is 0.470. The second-order valence-corrected chi connectivity index (χ2v) is 7.96. The fourth-order valence-electron chi connectivity index (χ4n) is 2.78. The van der Waals surface area contributed by atoms with Crippen LogP contribution in [0.3, 0.4) is 0 Å². The van der Waals surface area contributed by atoms with Gasteiger partial charge in [-0.1, -0.05) is 48.5 Å². The van der Waals surface area contributed by atoms with E-state index in [1.54, 1.807) is 31.2 Å². The summed E-state index contributed by atoms with van der Waals surface area (Å²) in [6, 6.07) is 21.5. The Labute approximate surface area is 157 Å². The lowest BCUT2D eigenvalue weighted by Gasteiger charge is -2.25.